The van der Waals surface area contributed by atoms with Crippen LogP contribution in [0, 0.1) is 5.92 Å². The maximum atomic E-state index is 14.6. The molecule has 4 atom stereocenters. The van der Waals surface area contributed by atoms with Crippen LogP contribution in [0.2, 0.25) is 0 Å². The molecule has 3 aromatic rings. The molecule has 0 aromatic heterocycles. The molecule has 0 bridgehead atoms. The summed E-state index contributed by atoms with van der Waals surface area (Å²) in [6.07, 6.45) is 9.73. The number of methoxy groups -OCH3 is 4. The normalized spacial score (nSPS) is 19.0. The van der Waals surface area contributed by atoms with Crippen molar-refractivity contribution in [1.29, 1.82) is 0 Å². The maximum absolute atomic E-state index is 14.6. The van der Waals surface area contributed by atoms with Crippen LogP contribution in [0.25, 0.3) is 11.6 Å². The Kier molecular flexibility index (Phi) is 12.4. The SMILES string of the molecule is CCCCCCC12C(=Cc3cc4c(cc31)OCCO4)c1cc(OC)c(OC)cc1C(CC(=O)N[C@@H](c1ccccc1)[C@H](C)/C=C\CC(=O)OC)N2C(=O)OC. The van der Waals surface area contributed by atoms with Gasteiger partial charge in [-0.25, -0.2) is 4.79 Å². The highest BCUT2D eigenvalue weighted by molar-refractivity contribution is 6.00. The fraction of sp³-hybridized carbons (Fsp3) is 0.432. The molecule has 2 heterocycles. The molecule has 11 heteroatoms. The van der Waals surface area contributed by atoms with Gasteiger partial charge in [0, 0.05) is 0 Å². The van der Waals surface area contributed by atoms with E-state index in [1.807, 2.05) is 67.6 Å². The number of unbranched alkanes of at least 4 members (excludes halogenated alkanes) is 3. The average molecular weight is 753 g/mol. The van der Waals surface area contributed by atoms with Gasteiger partial charge in [-0.2, -0.15) is 0 Å². The number of nitrogens with one attached hydrogen (secondary N) is 1. The van der Waals surface area contributed by atoms with Crippen molar-refractivity contribution >= 4 is 29.6 Å². The molecule has 3 aromatic carbocycles. The van der Waals surface area contributed by atoms with Crippen LogP contribution >= 0.6 is 0 Å². The molecule has 0 fully saturated rings. The second-order valence-corrected chi connectivity index (χ2v) is 14.2. The van der Waals surface area contributed by atoms with E-state index in [9.17, 15) is 14.4 Å². The summed E-state index contributed by atoms with van der Waals surface area (Å²) in [4.78, 5) is 42.8. The number of carbonyl (C=O) groups is 3. The topological polar surface area (TPSA) is 122 Å². The minimum Gasteiger partial charge on any atom is -0.493 e. The minimum atomic E-state index is -1.01. The van der Waals surface area contributed by atoms with Crippen molar-refractivity contribution in [1.82, 2.24) is 10.2 Å². The molecule has 11 nitrogen and oxygen atoms in total. The van der Waals surface area contributed by atoms with Crippen molar-refractivity contribution in [2.45, 2.75) is 76.4 Å². The number of rotatable bonds is 15. The molecule has 0 radical (unpaired) electrons. The summed E-state index contributed by atoms with van der Waals surface area (Å²) in [6.45, 7) is 5.02. The van der Waals surface area contributed by atoms with Crippen molar-refractivity contribution in [2.75, 3.05) is 41.7 Å². The molecule has 0 saturated heterocycles. The highest BCUT2D eigenvalue weighted by Crippen LogP contribution is 2.62. The zero-order valence-corrected chi connectivity index (χ0v) is 32.6. The van der Waals surface area contributed by atoms with Crippen molar-refractivity contribution in [2.24, 2.45) is 5.92 Å². The van der Waals surface area contributed by atoms with E-state index in [1.165, 1.54) is 14.2 Å². The molecule has 2 unspecified atom stereocenters. The van der Waals surface area contributed by atoms with Gasteiger partial charge in [0.25, 0.3) is 0 Å². The molecule has 3 aliphatic rings. The van der Waals surface area contributed by atoms with Gasteiger partial charge in [-0.05, 0) is 76.1 Å². The smallest absolute Gasteiger partial charge is 0.411 e. The number of esters is 1. The third-order valence-corrected chi connectivity index (χ3v) is 10.9. The van der Waals surface area contributed by atoms with Gasteiger partial charge < -0.3 is 33.7 Å². The van der Waals surface area contributed by atoms with E-state index in [2.05, 4.69) is 18.3 Å². The van der Waals surface area contributed by atoms with Crippen molar-refractivity contribution in [3.8, 4) is 23.0 Å². The summed E-state index contributed by atoms with van der Waals surface area (Å²) in [6, 6.07) is 16.3. The van der Waals surface area contributed by atoms with Crippen LogP contribution in [-0.4, -0.2) is 64.5 Å². The largest absolute Gasteiger partial charge is 0.493 e. The molecule has 1 N–H and O–H groups in total. The van der Waals surface area contributed by atoms with Crippen molar-refractivity contribution < 1.29 is 42.8 Å². The van der Waals surface area contributed by atoms with Crippen LogP contribution in [0.3, 0.4) is 0 Å². The van der Waals surface area contributed by atoms with Crippen LogP contribution in [0.4, 0.5) is 4.79 Å². The lowest BCUT2D eigenvalue weighted by molar-refractivity contribution is -0.139. The Morgan fingerprint density at radius 1 is 0.927 bits per heavy atom. The Morgan fingerprint density at radius 3 is 2.31 bits per heavy atom. The van der Waals surface area contributed by atoms with Gasteiger partial charge in [-0.15, -0.1) is 0 Å². The lowest BCUT2D eigenvalue weighted by Gasteiger charge is -2.51. The van der Waals surface area contributed by atoms with Crippen LogP contribution in [0.1, 0.15) is 98.7 Å². The summed E-state index contributed by atoms with van der Waals surface area (Å²) in [5.74, 6) is 1.48. The third-order valence-electron chi connectivity index (χ3n) is 10.9. The number of amides is 2. The predicted octanol–water partition coefficient (Wildman–Crippen LogP) is 8.32. The van der Waals surface area contributed by atoms with Crippen LogP contribution in [0.5, 0.6) is 23.0 Å². The number of nitrogens with zero attached hydrogens (tertiary/aromatic N) is 1. The van der Waals surface area contributed by atoms with Gasteiger partial charge in [0.2, 0.25) is 5.91 Å². The Morgan fingerprint density at radius 2 is 1.64 bits per heavy atom. The van der Waals surface area contributed by atoms with Gasteiger partial charge in [-0.1, -0.05) is 82.0 Å². The molecule has 2 amide bonds. The van der Waals surface area contributed by atoms with Gasteiger partial charge in [-0.3, -0.25) is 14.5 Å². The Hall–Kier alpha value is -5.45. The number of hydrogen-bond donors (Lipinski definition) is 1. The molecular formula is C44H52N2O9. The predicted molar refractivity (Wildman–Crippen MR) is 209 cm³/mol. The number of benzene rings is 3. The summed E-state index contributed by atoms with van der Waals surface area (Å²) in [5, 5.41) is 3.29. The second kappa shape index (κ2) is 17.3. The molecule has 0 spiro atoms. The number of carbonyl (C=O) groups excluding carboxylic acids is 3. The van der Waals surface area contributed by atoms with E-state index in [-0.39, 0.29) is 30.6 Å². The molecule has 0 saturated carbocycles. The molecule has 292 valence electrons. The van der Waals surface area contributed by atoms with Gasteiger partial charge in [0.1, 0.15) is 13.2 Å². The van der Waals surface area contributed by atoms with E-state index < -0.39 is 23.7 Å². The number of fused-ring (bicyclic) bond motifs is 6. The van der Waals surface area contributed by atoms with Crippen LogP contribution in [0.15, 0.2) is 66.7 Å². The number of ether oxygens (including phenoxy) is 6. The second-order valence-electron chi connectivity index (χ2n) is 14.2. The van der Waals surface area contributed by atoms with Crippen molar-refractivity contribution in [3.05, 3.63) is 94.6 Å². The Bertz CT molecular complexity index is 1940. The van der Waals surface area contributed by atoms with Gasteiger partial charge >= 0.3 is 12.1 Å². The molecule has 6 rings (SSSR count). The quantitative estimate of drug-likeness (QED) is 0.0928. The van der Waals surface area contributed by atoms with Gasteiger partial charge in [0.05, 0.1) is 58.9 Å². The zero-order valence-electron chi connectivity index (χ0n) is 32.6. The summed E-state index contributed by atoms with van der Waals surface area (Å²) in [5.41, 5.74) is 4.21. The zero-order chi connectivity index (χ0) is 39.1. The van der Waals surface area contributed by atoms with E-state index >= 15 is 0 Å². The molecule has 2 aliphatic heterocycles. The Balaban J connectivity index is 1.49. The maximum Gasteiger partial charge on any atom is 0.411 e. The first-order valence-electron chi connectivity index (χ1n) is 19.1. The highest BCUT2D eigenvalue weighted by atomic mass is 16.6. The molecular weight excluding hydrogens is 700 g/mol. The van der Waals surface area contributed by atoms with E-state index in [0.717, 1.165) is 59.1 Å². The number of hydrogen-bond acceptors (Lipinski definition) is 9. The first-order chi connectivity index (χ1) is 26.7. The van der Waals surface area contributed by atoms with E-state index in [1.54, 1.807) is 25.2 Å². The fourth-order valence-electron chi connectivity index (χ4n) is 8.31. The summed E-state index contributed by atoms with van der Waals surface area (Å²) < 4.78 is 34.2. The van der Waals surface area contributed by atoms with E-state index in [4.69, 9.17) is 28.4 Å². The Labute approximate surface area is 323 Å². The standard InChI is InChI=1S/C44H52N2O9/c1-7-8-9-13-19-44-33-26-39-38(54-20-21-55-39)23-30(33)22-34(44)31-24-36(50-3)37(51-4)25-32(31)35(46(44)43(49)53-6)27-40(47)45-42(29-16-11-10-12-17-29)28(2)15-14-18-41(48)52-5/h10-12,14-17,22-26,28,35,42H,7-9,13,18-21,27H2,1-6H3,(H,45,47)/b15-14-/t28-,35?,42-,44?/m1/s1. The van der Waals surface area contributed by atoms with Crippen LogP contribution < -0.4 is 24.3 Å². The molecule has 1 aliphatic carbocycles. The summed E-state index contributed by atoms with van der Waals surface area (Å²) in [7, 11) is 5.90. The van der Waals surface area contributed by atoms with Crippen molar-refractivity contribution in [3.63, 3.8) is 0 Å². The highest BCUT2D eigenvalue weighted by Gasteiger charge is 2.56. The minimum absolute atomic E-state index is 0.0800. The molecule has 55 heavy (non-hydrogen) atoms. The lowest BCUT2D eigenvalue weighted by atomic mass is 9.71. The first kappa shape index (κ1) is 39.2. The van der Waals surface area contributed by atoms with Crippen LogP contribution in [-0.2, 0) is 24.6 Å². The fourth-order valence-corrected chi connectivity index (χ4v) is 8.31. The van der Waals surface area contributed by atoms with E-state index in [0.29, 0.717) is 42.6 Å². The lowest BCUT2D eigenvalue weighted by Crippen LogP contribution is -2.54. The first-order valence-corrected chi connectivity index (χ1v) is 19.1. The third kappa shape index (κ3) is 7.74. The monoisotopic (exact) mass is 752 g/mol. The summed E-state index contributed by atoms with van der Waals surface area (Å²) >= 11 is 0. The van der Waals surface area contributed by atoms with Gasteiger partial charge in [0.15, 0.2) is 23.0 Å². The average Bonchev–Trinajstić information content (AvgIpc) is 3.53.